The van der Waals surface area contributed by atoms with Crippen molar-refractivity contribution in [1.82, 2.24) is 0 Å². The largest absolute Gasteiger partial charge is 0.462 e. The highest BCUT2D eigenvalue weighted by molar-refractivity contribution is 5.71. The van der Waals surface area contributed by atoms with Gasteiger partial charge in [-0.3, -0.25) is 0 Å². The average molecular weight is 174 g/mol. The maximum atomic E-state index is 9.74. The Hall–Kier alpha value is -0.770. The van der Waals surface area contributed by atoms with Gasteiger partial charge in [0, 0.05) is 7.05 Å². The molecule has 0 saturated heterocycles. The highest BCUT2D eigenvalue weighted by Crippen LogP contribution is 2.14. The monoisotopic (exact) mass is 174 g/mol. The van der Waals surface area contributed by atoms with Gasteiger partial charge >= 0.3 is 0 Å². The number of amidine groups is 1. The first-order valence-corrected chi connectivity index (χ1v) is 4.15. The molecule has 0 aromatic rings. The first kappa shape index (κ1) is 11.2. The molecular formula is C8H18N2O2. The highest BCUT2D eigenvalue weighted by Gasteiger charge is 2.23. The molecule has 4 heteroatoms. The van der Waals surface area contributed by atoms with Gasteiger partial charge in [-0.1, -0.05) is 13.8 Å². The van der Waals surface area contributed by atoms with E-state index in [2.05, 4.69) is 4.99 Å². The summed E-state index contributed by atoms with van der Waals surface area (Å²) in [6.07, 6.45) is 1.31. The Kier molecular flexibility index (Phi) is 4.66. The SMILES string of the molecule is CCC(O)(CC)COC(N)=NC. The van der Waals surface area contributed by atoms with Gasteiger partial charge in [0.25, 0.3) is 6.02 Å². The molecular weight excluding hydrogens is 156 g/mol. The molecule has 0 aliphatic carbocycles. The van der Waals surface area contributed by atoms with E-state index in [1.54, 1.807) is 7.05 Å². The quantitative estimate of drug-likeness (QED) is 0.481. The Morgan fingerprint density at radius 2 is 2.00 bits per heavy atom. The van der Waals surface area contributed by atoms with Gasteiger partial charge in [-0.2, -0.15) is 0 Å². The van der Waals surface area contributed by atoms with Crippen molar-refractivity contribution < 1.29 is 9.84 Å². The minimum absolute atomic E-state index is 0.121. The zero-order valence-electron chi connectivity index (χ0n) is 8.00. The molecule has 3 N–H and O–H groups in total. The summed E-state index contributed by atoms with van der Waals surface area (Å²) in [6.45, 7) is 4.03. The first-order valence-electron chi connectivity index (χ1n) is 4.15. The minimum atomic E-state index is -0.769. The summed E-state index contributed by atoms with van der Waals surface area (Å²) in [6, 6.07) is 0.121. The van der Waals surface area contributed by atoms with E-state index in [0.717, 1.165) is 0 Å². The molecule has 72 valence electrons. The zero-order chi connectivity index (χ0) is 9.61. The smallest absolute Gasteiger partial charge is 0.281 e. The molecule has 4 nitrogen and oxygen atoms in total. The van der Waals surface area contributed by atoms with Gasteiger partial charge in [0.1, 0.15) is 6.61 Å². The van der Waals surface area contributed by atoms with Gasteiger partial charge in [-0.15, -0.1) is 0 Å². The van der Waals surface area contributed by atoms with Crippen LogP contribution in [0.15, 0.2) is 4.99 Å². The molecule has 0 aromatic heterocycles. The fraction of sp³-hybridized carbons (Fsp3) is 0.875. The van der Waals surface area contributed by atoms with Crippen LogP contribution < -0.4 is 5.73 Å². The molecule has 0 aliphatic heterocycles. The number of aliphatic imine (C=N–C) groups is 1. The van der Waals surface area contributed by atoms with Crippen LogP contribution >= 0.6 is 0 Å². The van der Waals surface area contributed by atoms with Gasteiger partial charge in [0.05, 0.1) is 5.60 Å². The van der Waals surface area contributed by atoms with Crippen LogP contribution in [0, 0.1) is 0 Å². The Morgan fingerprint density at radius 3 is 2.33 bits per heavy atom. The lowest BCUT2D eigenvalue weighted by molar-refractivity contribution is -0.0159. The second-order valence-electron chi connectivity index (χ2n) is 2.78. The summed E-state index contributed by atoms with van der Waals surface area (Å²) in [7, 11) is 1.55. The second kappa shape index (κ2) is 4.98. The number of rotatable bonds is 4. The number of aliphatic hydroxyl groups is 1. The average Bonchev–Trinajstić information content (AvgIpc) is 2.13. The maximum Gasteiger partial charge on any atom is 0.281 e. The Bertz CT molecular complexity index is 153. The molecule has 12 heavy (non-hydrogen) atoms. The molecule has 0 aliphatic rings. The second-order valence-corrected chi connectivity index (χ2v) is 2.78. The van der Waals surface area contributed by atoms with Crippen LogP contribution in [-0.4, -0.2) is 30.4 Å². The highest BCUT2D eigenvalue weighted by atomic mass is 16.5. The molecule has 0 bridgehead atoms. The van der Waals surface area contributed by atoms with E-state index in [9.17, 15) is 5.11 Å². The van der Waals surface area contributed by atoms with Crippen molar-refractivity contribution in [2.24, 2.45) is 10.7 Å². The van der Waals surface area contributed by atoms with Crippen molar-refractivity contribution in [3.63, 3.8) is 0 Å². The third kappa shape index (κ3) is 3.57. The lowest BCUT2D eigenvalue weighted by atomic mass is 9.99. The third-order valence-electron chi connectivity index (χ3n) is 2.03. The van der Waals surface area contributed by atoms with E-state index in [-0.39, 0.29) is 12.6 Å². The Labute approximate surface area is 73.4 Å². The molecule has 0 atom stereocenters. The molecule has 0 heterocycles. The molecule has 0 spiro atoms. The lowest BCUT2D eigenvalue weighted by Crippen LogP contribution is -2.35. The van der Waals surface area contributed by atoms with Gasteiger partial charge < -0.3 is 15.6 Å². The van der Waals surface area contributed by atoms with Crippen molar-refractivity contribution in [3.8, 4) is 0 Å². The summed E-state index contributed by atoms with van der Waals surface area (Å²) in [5, 5.41) is 9.74. The normalized spacial score (nSPS) is 13.2. The molecule has 0 unspecified atom stereocenters. The van der Waals surface area contributed by atoms with Crippen molar-refractivity contribution >= 4 is 6.02 Å². The van der Waals surface area contributed by atoms with Gasteiger partial charge in [0.15, 0.2) is 0 Å². The van der Waals surface area contributed by atoms with E-state index >= 15 is 0 Å². The van der Waals surface area contributed by atoms with Gasteiger partial charge in [0.2, 0.25) is 0 Å². The molecule has 0 radical (unpaired) electrons. The van der Waals surface area contributed by atoms with Crippen LogP contribution in [-0.2, 0) is 4.74 Å². The molecule has 0 fully saturated rings. The van der Waals surface area contributed by atoms with E-state index in [1.165, 1.54) is 0 Å². The minimum Gasteiger partial charge on any atom is -0.462 e. The van der Waals surface area contributed by atoms with Gasteiger partial charge in [-0.25, -0.2) is 4.99 Å². The van der Waals surface area contributed by atoms with Crippen molar-refractivity contribution in [2.75, 3.05) is 13.7 Å². The van der Waals surface area contributed by atoms with Crippen LogP contribution in [0.4, 0.5) is 0 Å². The standard InChI is InChI=1S/C8H18N2O2/c1-4-8(11,5-2)6-12-7(9)10-3/h11H,4-6H2,1-3H3,(H2,9,10). The summed E-state index contributed by atoms with van der Waals surface area (Å²) in [5.74, 6) is 0. The number of nitrogens with two attached hydrogens (primary N) is 1. The van der Waals surface area contributed by atoms with Crippen LogP contribution in [0.3, 0.4) is 0 Å². The summed E-state index contributed by atoms with van der Waals surface area (Å²) in [5.41, 5.74) is 4.54. The maximum absolute atomic E-state index is 9.74. The number of hydrogen-bond acceptors (Lipinski definition) is 3. The molecule has 0 saturated carbocycles. The molecule has 0 amide bonds. The zero-order valence-corrected chi connectivity index (χ0v) is 8.00. The lowest BCUT2D eigenvalue weighted by Gasteiger charge is -2.24. The fourth-order valence-electron chi connectivity index (χ4n) is 0.727. The fourth-order valence-corrected chi connectivity index (χ4v) is 0.727. The molecule has 0 aromatic carbocycles. The summed E-state index contributed by atoms with van der Waals surface area (Å²) >= 11 is 0. The Balaban J connectivity index is 3.89. The van der Waals surface area contributed by atoms with Crippen molar-refractivity contribution in [1.29, 1.82) is 0 Å². The van der Waals surface area contributed by atoms with E-state index in [0.29, 0.717) is 12.8 Å². The van der Waals surface area contributed by atoms with Gasteiger partial charge in [-0.05, 0) is 12.8 Å². The topological polar surface area (TPSA) is 67.8 Å². The Morgan fingerprint density at radius 1 is 1.50 bits per heavy atom. The van der Waals surface area contributed by atoms with Crippen molar-refractivity contribution in [3.05, 3.63) is 0 Å². The van der Waals surface area contributed by atoms with E-state index in [1.807, 2.05) is 13.8 Å². The van der Waals surface area contributed by atoms with Crippen molar-refractivity contribution in [2.45, 2.75) is 32.3 Å². The predicted octanol–water partition coefficient (Wildman–Crippen LogP) is 0.499. The van der Waals surface area contributed by atoms with Crippen LogP contribution in [0.5, 0.6) is 0 Å². The number of hydrogen-bond donors (Lipinski definition) is 2. The number of nitrogens with zero attached hydrogens (tertiary/aromatic N) is 1. The first-order chi connectivity index (χ1) is 5.58. The van der Waals surface area contributed by atoms with Crippen LogP contribution in [0.25, 0.3) is 0 Å². The number of ether oxygens (including phenoxy) is 1. The summed E-state index contributed by atoms with van der Waals surface area (Å²) < 4.78 is 5.02. The third-order valence-corrected chi connectivity index (χ3v) is 2.03. The summed E-state index contributed by atoms with van der Waals surface area (Å²) in [4.78, 5) is 3.62. The van der Waals surface area contributed by atoms with Crippen LogP contribution in [0.1, 0.15) is 26.7 Å². The predicted molar refractivity (Wildman–Crippen MR) is 49.0 cm³/mol. The van der Waals surface area contributed by atoms with E-state index in [4.69, 9.17) is 10.5 Å². The van der Waals surface area contributed by atoms with Crippen LogP contribution in [0.2, 0.25) is 0 Å². The molecule has 0 rings (SSSR count). The van der Waals surface area contributed by atoms with E-state index < -0.39 is 5.60 Å².